The fraction of sp³-hybridized carbons (Fsp3) is 0.688. The first-order valence-corrected chi connectivity index (χ1v) is 7.36. The van der Waals surface area contributed by atoms with Gasteiger partial charge in [0.25, 0.3) is 0 Å². The molecule has 0 aliphatic rings. The number of hydrogen-bond donors (Lipinski definition) is 2. The summed E-state index contributed by atoms with van der Waals surface area (Å²) >= 11 is 0. The van der Waals surface area contributed by atoms with E-state index < -0.39 is 0 Å². The lowest BCUT2D eigenvalue weighted by atomic mass is 10.1. The van der Waals surface area contributed by atoms with E-state index >= 15 is 0 Å². The topological polar surface area (TPSA) is 46.1 Å². The van der Waals surface area contributed by atoms with Gasteiger partial charge in [-0.15, -0.1) is 0 Å². The van der Waals surface area contributed by atoms with E-state index in [1.807, 2.05) is 27.7 Å². The number of carbonyl (C=O) groups is 1. The Bertz CT molecular complexity index is 469. The molecule has 1 aromatic rings. The number of hydrogen-bond acceptors (Lipinski definition) is 2. The average molecular weight is 279 g/mol. The maximum absolute atomic E-state index is 12.0. The Hall–Kier alpha value is -1.29. The van der Waals surface area contributed by atoms with Crippen molar-refractivity contribution in [1.82, 2.24) is 15.2 Å². The second kappa shape index (κ2) is 6.44. The molecule has 1 rings (SSSR count). The van der Waals surface area contributed by atoms with Gasteiger partial charge in [0.15, 0.2) is 0 Å². The monoisotopic (exact) mass is 279 g/mol. The van der Waals surface area contributed by atoms with Crippen LogP contribution in [-0.2, 0) is 17.9 Å². The third-order valence-electron chi connectivity index (χ3n) is 3.48. The molecule has 1 atom stereocenters. The van der Waals surface area contributed by atoms with E-state index in [1.165, 1.54) is 17.0 Å². The predicted octanol–water partition coefficient (Wildman–Crippen LogP) is 2.52. The van der Waals surface area contributed by atoms with Crippen molar-refractivity contribution in [2.24, 2.45) is 0 Å². The SMILES string of the molecule is CCn1c(C)cc(CNC(C)C(=O)NC(C)(C)C)c1C. The summed E-state index contributed by atoms with van der Waals surface area (Å²) < 4.78 is 2.29. The Balaban J connectivity index is 2.61. The standard InChI is InChI=1S/C16H29N3O/c1-8-19-11(2)9-14(13(19)4)10-17-12(3)15(20)18-16(5,6)7/h9,12,17H,8,10H2,1-7H3,(H,18,20). The van der Waals surface area contributed by atoms with Crippen LogP contribution in [0.15, 0.2) is 6.07 Å². The van der Waals surface area contributed by atoms with Crippen LogP contribution in [0.4, 0.5) is 0 Å². The summed E-state index contributed by atoms with van der Waals surface area (Å²) in [7, 11) is 0. The molecule has 20 heavy (non-hydrogen) atoms. The summed E-state index contributed by atoms with van der Waals surface area (Å²) in [5.74, 6) is 0.0433. The van der Waals surface area contributed by atoms with E-state index in [4.69, 9.17) is 0 Å². The van der Waals surface area contributed by atoms with Gasteiger partial charge in [0, 0.05) is 30.0 Å². The Morgan fingerprint density at radius 3 is 2.40 bits per heavy atom. The highest BCUT2D eigenvalue weighted by Gasteiger charge is 2.19. The normalized spacial score (nSPS) is 13.3. The van der Waals surface area contributed by atoms with Gasteiger partial charge in [0.05, 0.1) is 6.04 Å². The molecule has 2 N–H and O–H groups in total. The molecule has 1 amide bonds. The number of nitrogens with one attached hydrogen (secondary N) is 2. The van der Waals surface area contributed by atoms with Crippen LogP contribution in [-0.4, -0.2) is 22.1 Å². The van der Waals surface area contributed by atoms with Gasteiger partial charge in [0.1, 0.15) is 0 Å². The van der Waals surface area contributed by atoms with E-state index in [1.54, 1.807) is 0 Å². The van der Waals surface area contributed by atoms with Crippen LogP contribution in [0.1, 0.15) is 51.6 Å². The third kappa shape index (κ3) is 4.37. The summed E-state index contributed by atoms with van der Waals surface area (Å²) in [5.41, 5.74) is 3.62. The third-order valence-corrected chi connectivity index (χ3v) is 3.48. The first-order valence-electron chi connectivity index (χ1n) is 7.36. The van der Waals surface area contributed by atoms with Gasteiger partial charge in [-0.2, -0.15) is 0 Å². The van der Waals surface area contributed by atoms with Gasteiger partial charge in [-0.1, -0.05) is 0 Å². The second-order valence-corrected chi connectivity index (χ2v) is 6.48. The Morgan fingerprint density at radius 1 is 1.35 bits per heavy atom. The lowest BCUT2D eigenvalue weighted by molar-refractivity contribution is -0.124. The largest absolute Gasteiger partial charge is 0.350 e. The van der Waals surface area contributed by atoms with Crippen LogP contribution < -0.4 is 10.6 Å². The van der Waals surface area contributed by atoms with Gasteiger partial charge in [-0.25, -0.2) is 0 Å². The van der Waals surface area contributed by atoms with Crippen LogP contribution in [0.25, 0.3) is 0 Å². The van der Waals surface area contributed by atoms with Crippen molar-refractivity contribution in [3.8, 4) is 0 Å². The molecule has 0 bridgehead atoms. The van der Waals surface area contributed by atoms with Gasteiger partial charge in [-0.3, -0.25) is 4.79 Å². The molecule has 0 fully saturated rings. The minimum Gasteiger partial charge on any atom is -0.350 e. The second-order valence-electron chi connectivity index (χ2n) is 6.48. The highest BCUT2D eigenvalue weighted by Crippen LogP contribution is 2.14. The average Bonchev–Trinajstić information content (AvgIpc) is 2.58. The van der Waals surface area contributed by atoms with Gasteiger partial charge in [0.2, 0.25) is 5.91 Å². The smallest absolute Gasteiger partial charge is 0.237 e. The number of amides is 1. The quantitative estimate of drug-likeness (QED) is 0.870. The van der Waals surface area contributed by atoms with Gasteiger partial charge < -0.3 is 15.2 Å². The van der Waals surface area contributed by atoms with Crippen LogP contribution >= 0.6 is 0 Å². The van der Waals surface area contributed by atoms with Crippen LogP contribution in [0, 0.1) is 13.8 Å². The van der Waals surface area contributed by atoms with Crippen molar-refractivity contribution in [1.29, 1.82) is 0 Å². The first kappa shape index (κ1) is 16.8. The molecule has 1 aromatic heterocycles. The van der Waals surface area contributed by atoms with Crippen molar-refractivity contribution in [2.45, 2.75) is 73.1 Å². The van der Waals surface area contributed by atoms with Crippen molar-refractivity contribution in [2.75, 3.05) is 0 Å². The van der Waals surface area contributed by atoms with Crippen molar-refractivity contribution >= 4 is 5.91 Å². The molecule has 1 heterocycles. The van der Waals surface area contributed by atoms with E-state index in [0.29, 0.717) is 0 Å². The number of aromatic nitrogens is 1. The van der Waals surface area contributed by atoms with Crippen molar-refractivity contribution in [3.63, 3.8) is 0 Å². The molecule has 4 heteroatoms. The molecule has 4 nitrogen and oxygen atoms in total. The summed E-state index contributed by atoms with van der Waals surface area (Å²) in [6.45, 7) is 16.0. The lowest BCUT2D eigenvalue weighted by Crippen LogP contribution is -2.49. The molecule has 114 valence electrons. The molecule has 0 radical (unpaired) electrons. The molecule has 0 aliphatic heterocycles. The number of rotatable bonds is 5. The first-order chi connectivity index (χ1) is 9.15. The van der Waals surface area contributed by atoms with E-state index in [-0.39, 0.29) is 17.5 Å². The zero-order chi connectivity index (χ0) is 15.5. The van der Waals surface area contributed by atoms with Crippen molar-refractivity contribution in [3.05, 3.63) is 23.0 Å². The minimum absolute atomic E-state index is 0.0433. The zero-order valence-corrected chi connectivity index (χ0v) is 13.9. The van der Waals surface area contributed by atoms with Gasteiger partial charge in [-0.05, 0) is 60.1 Å². The Morgan fingerprint density at radius 2 is 1.95 bits per heavy atom. The molecule has 0 aromatic carbocycles. The summed E-state index contributed by atoms with van der Waals surface area (Å²) in [5, 5.41) is 6.29. The fourth-order valence-corrected chi connectivity index (χ4v) is 2.37. The van der Waals surface area contributed by atoms with E-state index in [0.717, 1.165) is 13.1 Å². The molecular weight excluding hydrogens is 250 g/mol. The molecule has 0 saturated heterocycles. The molecule has 1 unspecified atom stereocenters. The molecule has 0 saturated carbocycles. The maximum atomic E-state index is 12.0. The number of carbonyl (C=O) groups excluding carboxylic acids is 1. The number of aryl methyl sites for hydroxylation is 1. The summed E-state index contributed by atoms with van der Waals surface area (Å²) in [4.78, 5) is 12.0. The molecular formula is C16H29N3O. The van der Waals surface area contributed by atoms with Crippen LogP contribution in [0.5, 0.6) is 0 Å². The molecule has 0 spiro atoms. The highest BCUT2D eigenvalue weighted by molar-refractivity contribution is 5.81. The Labute approximate surface area is 122 Å². The minimum atomic E-state index is -0.195. The summed E-state index contributed by atoms with van der Waals surface area (Å²) in [6, 6.07) is 2.00. The number of nitrogens with zero attached hydrogens (tertiary/aromatic N) is 1. The fourth-order valence-electron chi connectivity index (χ4n) is 2.37. The maximum Gasteiger partial charge on any atom is 0.237 e. The van der Waals surface area contributed by atoms with Crippen molar-refractivity contribution < 1.29 is 4.79 Å². The van der Waals surface area contributed by atoms with Gasteiger partial charge >= 0.3 is 0 Å². The highest BCUT2D eigenvalue weighted by atomic mass is 16.2. The van der Waals surface area contributed by atoms with Crippen LogP contribution in [0.3, 0.4) is 0 Å². The predicted molar refractivity (Wildman–Crippen MR) is 83.8 cm³/mol. The molecule has 0 aliphatic carbocycles. The lowest BCUT2D eigenvalue weighted by Gasteiger charge is -2.23. The van der Waals surface area contributed by atoms with E-state index in [9.17, 15) is 4.79 Å². The summed E-state index contributed by atoms with van der Waals surface area (Å²) in [6.07, 6.45) is 0. The zero-order valence-electron chi connectivity index (χ0n) is 13.9. The Kier molecular flexibility index (Phi) is 5.40. The van der Waals surface area contributed by atoms with Crippen LogP contribution in [0.2, 0.25) is 0 Å². The van der Waals surface area contributed by atoms with E-state index in [2.05, 4.69) is 42.0 Å².